The minimum Gasteiger partial charge on any atom is -0.493 e. The lowest BCUT2D eigenvalue weighted by Gasteiger charge is -2.09. The van der Waals surface area contributed by atoms with Crippen LogP contribution in [-0.4, -0.2) is 11.7 Å². The minimum absolute atomic E-state index is 0.0839. The van der Waals surface area contributed by atoms with Crippen LogP contribution in [0, 0.1) is 0 Å². The monoisotopic (exact) mass is 306 g/mol. The third-order valence-corrected chi connectivity index (χ3v) is 4.60. The van der Waals surface area contributed by atoms with Gasteiger partial charge >= 0.3 is 0 Å². The summed E-state index contributed by atoms with van der Waals surface area (Å²) in [5, 5.41) is 9.81. The molecular weight excluding hydrogens is 292 g/mol. The van der Waals surface area contributed by atoms with Gasteiger partial charge in [-0.3, -0.25) is 0 Å². The second kappa shape index (κ2) is 6.08. The average molecular weight is 307 g/mol. The van der Waals surface area contributed by atoms with Crippen molar-refractivity contribution in [1.82, 2.24) is 0 Å². The summed E-state index contributed by atoms with van der Waals surface area (Å²) in [6, 6.07) is 11.9. The fourth-order valence-electron chi connectivity index (χ4n) is 2.31. The molecular formula is C16H15ClO2S. The van der Waals surface area contributed by atoms with Gasteiger partial charge in [-0.25, -0.2) is 0 Å². The Morgan fingerprint density at radius 1 is 1.20 bits per heavy atom. The van der Waals surface area contributed by atoms with Crippen molar-refractivity contribution in [3.05, 3.63) is 58.1 Å². The maximum atomic E-state index is 9.03. The zero-order chi connectivity index (χ0) is 13.9. The van der Waals surface area contributed by atoms with E-state index >= 15 is 0 Å². The van der Waals surface area contributed by atoms with E-state index in [1.54, 1.807) is 11.8 Å². The molecule has 3 rings (SSSR count). The number of thioether (sulfide) groups is 1. The van der Waals surface area contributed by atoms with Gasteiger partial charge in [0.05, 0.1) is 13.2 Å². The highest BCUT2D eigenvalue weighted by atomic mass is 35.5. The Balaban J connectivity index is 1.75. The van der Waals surface area contributed by atoms with E-state index in [0.717, 1.165) is 40.7 Å². The Kier molecular flexibility index (Phi) is 4.20. The summed E-state index contributed by atoms with van der Waals surface area (Å²) in [6.07, 6.45) is 0.943. The van der Waals surface area contributed by atoms with E-state index in [9.17, 15) is 0 Å². The Morgan fingerprint density at radius 2 is 2.00 bits per heavy atom. The smallest absolute Gasteiger partial charge is 0.126 e. The maximum Gasteiger partial charge on any atom is 0.126 e. The molecule has 0 fully saturated rings. The van der Waals surface area contributed by atoms with Crippen LogP contribution in [0.4, 0.5) is 0 Å². The largest absolute Gasteiger partial charge is 0.493 e. The molecule has 0 atom stereocenters. The normalized spacial score (nSPS) is 13.1. The molecule has 4 heteroatoms. The Labute approximate surface area is 127 Å². The number of benzene rings is 2. The summed E-state index contributed by atoms with van der Waals surface area (Å²) in [4.78, 5) is 1.17. The lowest BCUT2D eigenvalue weighted by molar-refractivity contribution is 0.282. The molecule has 0 unspecified atom stereocenters. The molecule has 2 nitrogen and oxygen atoms in total. The van der Waals surface area contributed by atoms with Crippen LogP contribution in [0.25, 0.3) is 0 Å². The molecule has 0 spiro atoms. The molecule has 0 radical (unpaired) electrons. The second-order valence-corrected chi connectivity index (χ2v) is 6.23. The van der Waals surface area contributed by atoms with Gasteiger partial charge in [-0.15, -0.1) is 11.8 Å². The summed E-state index contributed by atoms with van der Waals surface area (Å²) in [7, 11) is 0. The van der Waals surface area contributed by atoms with E-state index in [2.05, 4.69) is 0 Å². The number of halogens is 1. The predicted octanol–water partition coefficient (Wildman–Crippen LogP) is 4.06. The number of hydrogen-bond donors (Lipinski definition) is 1. The third kappa shape index (κ3) is 2.95. The van der Waals surface area contributed by atoms with Gasteiger partial charge in [-0.2, -0.15) is 0 Å². The molecule has 1 aliphatic heterocycles. The lowest BCUT2D eigenvalue weighted by Crippen LogP contribution is -1.91. The highest BCUT2D eigenvalue weighted by molar-refractivity contribution is 7.98. The fraction of sp³-hybridized carbons (Fsp3) is 0.250. The van der Waals surface area contributed by atoms with Crippen LogP contribution in [0.2, 0.25) is 5.02 Å². The standard InChI is InChI=1S/C16H15ClO2S/c17-14-7-12-5-6-19-16(12)13(8-14)10-20-15-3-1-11(9-18)2-4-15/h1-4,7-8,18H,5-6,9-10H2. The molecule has 1 aliphatic rings. The maximum absolute atomic E-state index is 9.03. The van der Waals surface area contributed by atoms with Crippen molar-refractivity contribution in [3.63, 3.8) is 0 Å². The van der Waals surface area contributed by atoms with E-state index in [-0.39, 0.29) is 6.61 Å². The van der Waals surface area contributed by atoms with Crippen LogP contribution in [0.1, 0.15) is 16.7 Å². The van der Waals surface area contributed by atoms with E-state index in [1.807, 2.05) is 36.4 Å². The molecule has 104 valence electrons. The van der Waals surface area contributed by atoms with Crippen LogP contribution in [0.15, 0.2) is 41.3 Å². The summed E-state index contributed by atoms with van der Waals surface area (Å²) >= 11 is 7.90. The number of rotatable bonds is 4. The first-order valence-electron chi connectivity index (χ1n) is 6.53. The summed E-state index contributed by atoms with van der Waals surface area (Å²) in [5.41, 5.74) is 3.30. The molecule has 0 aromatic heterocycles. The number of aliphatic hydroxyl groups excluding tert-OH is 1. The molecule has 0 saturated heterocycles. The topological polar surface area (TPSA) is 29.5 Å². The van der Waals surface area contributed by atoms with Crippen LogP contribution in [-0.2, 0) is 18.8 Å². The van der Waals surface area contributed by atoms with Crippen molar-refractivity contribution >= 4 is 23.4 Å². The van der Waals surface area contributed by atoms with Gasteiger partial charge < -0.3 is 9.84 Å². The SMILES string of the molecule is OCc1ccc(SCc2cc(Cl)cc3c2OCC3)cc1. The Bertz CT molecular complexity index is 611. The summed E-state index contributed by atoms with van der Waals surface area (Å²) in [5.74, 6) is 1.84. The van der Waals surface area contributed by atoms with E-state index in [0.29, 0.717) is 0 Å². The zero-order valence-electron chi connectivity index (χ0n) is 10.9. The fourth-order valence-corrected chi connectivity index (χ4v) is 3.43. The average Bonchev–Trinajstić information content (AvgIpc) is 2.93. The van der Waals surface area contributed by atoms with Crippen molar-refractivity contribution in [2.24, 2.45) is 0 Å². The second-order valence-electron chi connectivity index (χ2n) is 4.74. The van der Waals surface area contributed by atoms with Gasteiger partial charge in [-0.05, 0) is 35.4 Å². The van der Waals surface area contributed by atoms with Gasteiger partial charge in [0, 0.05) is 27.7 Å². The van der Waals surface area contributed by atoms with E-state index < -0.39 is 0 Å². The van der Waals surface area contributed by atoms with Gasteiger partial charge in [0.25, 0.3) is 0 Å². The van der Waals surface area contributed by atoms with Crippen molar-refractivity contribution in [1.29, 1.82) is 0 Å². The molecule has 20 heavy (non-hydrogen) atoms. The number of aliphatic hydroxyl groups is 1. The van der Waals surface area contributed by atoms with Crippen molar-refractivity contribution in [3.8, 4) is 5.75 Å². The molecule has 2 aromatic carbocycles. The third-order valence-electron chi connectivity index (χ3n) is 3.33. The summed E-state index contributed by atoms with van der Waals surface area (Å²) in [6.45, 7) is 0.832. The van der Waals surface area contributed by atoms with Crippen LogP contribution in [0.3, 0.4) is 0 Å². The Morgan fingerprint density at radius 3 is 2.75 bits per heavy atom. The van der Waals surface area contributed by atoms with Crippen LogP contribution in [0.5, 0.6) is 5.75 Å². The van der Waals surface area contributed by atoms with E-state index in [1.165, 1.54) is 10.5 Å². The first-order valence-corrected chi connectivity index (χ1v) is 7.89. The van der Waals surface area contributed by atoms with Crippen LogP contribution >= 0.6 is 23.4 Å². The molecule has 0 aliphatic carbocycles. The molecule has 2 aromatic rings. The van der Waals surface area contributed by atoms with Crippen molar-refractivity contribution in [2.75, 3.05) is 6.61 Å². The highest BCUT2D eigenvalue weighted by Gasteiger charge is 2.17. The van der Waals surface area contributed by atoms with Gasteiger partial charge in [0.1, 0.15) is 5.75 Å². The molecule has 1 heterocycles. The van der Waals surface area contributed by atoms with Gasteiger partial charge in [0.2, 0.25) is 0 Å². The molecule has 1 N–H and O–H groups in total. The molecule has 0 amide bonds. The number of fused-ring (bicyclic) bond motifs is 1. The van der Waals surface area contributed by atoms with Crippen molar-refractivity contribution in [2.45, 2.75) is 23.7 Å². The quantitative estimate of drug-likeness (QED) is 0.864. The predicted molar refractivity (Wildman–Crippen MR) is 82.6 cm³/mol. The van der Waals surface area contributed by atoms with Gasteiger partial charge in [0.15, 0.2) is 0 Å². The number of hydrogen-bond acceptors (Lipinski definition) is 3. The van der Waals surface area contributed by atoms with Crippen LogP contribution < -0.4 is 4.74 Å². The highest BCUT2D eigenvalue weighted by Crippen LogP contribution is 2.36. The molecule has 0 bridgehead atoms. The summed E-state index contributed by atoms with van der Waals surface area (Å²) < 4.78 is 5.70. The Hall–Kier alpha value is -1.16. The molecule has 0 saturated carbocycles. The van der Waals surface area contributed by atoms with E-state index in [4.69, 9.17) is 21.4 Å². The lowest BCUT2D eigenvalue weighted by atomic mass is 10.1. The first-order chi connectivity index (χ1) is 9.76. The first kappa shape index (κ1) is 13.8. The van der Waals surface area contributed by atoms with Crippen molar-refractivity contribution < 1.29 is 9.84 Å². The zero-order valence-corrected chi connectivity index (χ0v) is 12.5. The van der Waals surface area contributed by atoms with Gasteiger partial charge in [-0.1, -0.05) is 23.7 Å². The number of ether oxygens (including phenoxy) is 1. The minimum atomic E-state index is 0.0839.